The minimum absolute atomic E-state index is 0.0800. The van der Waals surface area contributed by atoms with Gasteiger partial charge in [-0.25, -0.2) is 14.6 Å². The van der Waals surface area contributed by atoms with Crippen molar-refractivity contribution < 1.29 is 23.5 Å². The molecule has 1 aromatic rings. The predicted octanol–water partition coefficient (Wildman–Crippen LogP) is 1.91. The van der Waals surface area contributed by atoms with Crippen LogP contribution >= 0.6 is 0 Å². The van der Waals surface area contributed by atoms with E-state index in [1.54, 1.807) is 11.8 Å². The maximum absolute atomic E-state index is 12.0. The Morgan fingerprint density at radius 1 is 1.26 bits per heavy atom. The van der Waals surface area contributed by atoms with E-state index in [1.807, 2.05) is 25.7 Å². The largest absolute Gasteiger partial charge is 0.460 e. The second-order valence-electron chi connectivity index (χ2n) is 6.18. The molecule has 1 aromatic heterocycles. The van der Waals surface area contributed by atoms with Gasteiger partial charge >= 0.3 is 12.1 Å². The summed E-state index contributed by atoms with van der Waals surface area (Å²) in [5.74, 6) is -0.449. The summed E-state index contributed by atoms with van der Waals surface area (Å²) in [6.07, 6.45) is 1.03. The molecular weight excluding hydrogens is 302 g/mol. The minimum atomic E-state index is -0.529. The number of hydrogen-bond donors (Lipinski definition) is 0. The highest BCUT2D eigenvalue weighted by Crippen LogP contribution is 2.18. The van der Waals surface area contributed by atoms with Crippen molar-refractivity contribution in [1.29, 1.82) is 0 Å². The van der Waals surface area contributed by atoms with Crippen molar-refractivity contribution in [3.63, 3.8) is 0 Å². The molecule has 0 spiro atoms. The molecule has 1 saturated heterocycles. The number of carbonyl (C=O) groups is 2. The van der Waals surface area contributed by atoms with Crippen LogP contribution in [-0.4, -0.2) is 60.3 Å². The lowest BCUT2D eigenvalue weighted by Gasteiger charge is -2.34. The van der Waals surface area contributed by atoms with Crippen LogP contribution in [0.2, 0.25) is 0 Å². The Morgan fingerprint density at radius 3 is 2.48 bits per heavy atom. The lowest BCUT2D eigenvalue weighted by molar-refractivity contribution is 0.0239. The van der Waals surface area contributed by atoms with Gasteiger partial charge in [0.05, 0.1) is 12.8 Å². The van der Waals surface area contributed by atoms with Crippen LogP contribution in [0.25, 0.3) is 0 Å². The Bertz CT molecular complexity index is 556. The van der Waals surface area contributed by atoms with E-state index in [4.69, 9.17) is 13.9 Å². The molecule has 1 fully saturated rings. The monoisotopic (exact) mass is 325 g/mol. The van der Waals surface area contributed by atoms with Crippen molar-refractivity contribution in [2.24, 2.45) is 0 Å². The Balaban J connectivity index is 1.89. The first-order chi connectivity index (χ1) is 10.8. The quantitative estimate of drug-likeness (QED) is 0.785. The van der Waals surface area contributed by atoms with Crippen LogP contribution < -0.4 is 4.90 Å². The van der Waals surface area contributed by atoms with Crippen LogP contribution in [0.4, 0.5) is 10.8 Å². The van der Waals surface area contributed by atoms with Gasteiger partial charge in [-0.05, 0) is 27.7 Å². The molecule has 0 saturated carbocycles. The smallest absolute Gasteiger partial charge is 0.410 e. The van der Waals surface area contributed by atoms with Gasteiger partial charge in [0, 0.05) is 26.2 Å². The molecule has 8 nitrogen and oxygen atoms in total. The zero-order valence-electron chi connectivity index (χ0n) is 14.0. The molecule has 2 heterocycles. The van der Waals surface area contributed by atoms with E-state index in [0.717, 1.165) is 0 Å². The Hall–Kier alpha value is -2.25. The van der Waals surface area contributed by atoms with Crippen molar-refractivity contribution in [3.8, 4) is 0 Å². The first-order valence-corrected chi connectivity index (χ1v) is 7.66. The number of rotatable bonds is 3. The summed E-state index contributed by atoms with van der Waals surface area (Å²) >= 11 is 0. The molecule has 1 aliphatic rings. The van der Waals surface area contributed by atoms with Gasteiger partial charge in [-0.15, -0.1) is 0 Å². The van der Waals surface area contributed by atoms with Crippen LogP contribution in [0.15, 0.2) is 10.6 Å². The number of aromatic nitrogens is 1. The van der Waals surface area contributed by atoms with Gasteiger partial charge in [-0.2, -0.15) is 0 Å². The van der Waals surface area contributed by atoms with Gasteiger partial charge in [-0.1, -0.05) is 0 Å². The normalized spacial score (nSPS) is 15.5. The van der Waals surface area contributed by atoms with Crippen molar-refractivity contribution in [1.82, 2.24) is 9.88 Å². The summed E-state index contributed by atoms with van der Waals surface area (Å²) < 4.78 is 15.6. The van der Waals surface area contributed by atoms with Crippen molar-refractivity contribution in [3.05, 3.63) is 12.0 Å². The molecule has 0 radical (unpaired) electrons. The third-order valence-corrected chi connectivity index (χ3v) is 3.17. The topological polar surface area (TPSA) is 85.1 Å². The molecule has 128 valence electrons. The van der Waals surface area contributed by atoms with Crippen LogP contribution in [-0.2, 0) is 9.47 Å². The van der Waals surface area contributed by atoms with Crippen molar-refractivity contribution >= 4 is 18.1 Å². The molecule has 0 atom stereocenters. The highest BCUT2D eigenvalue weighted by atomic mass is 16.6. The lowest BCUT2D eigenvalue weighted by Crippen LogP contribution is -2.50. The number of nitrogens with zero attached hydrogens (tertiary/aromatic N) is 3. The Morgan fingerprint density at radius 2 is 1.91 bits per heavy atom. The first kappa shape index (κ1) is 17.1. The average molecular weight is 325 g/mol. The van der Waals surface area contributed by atoms with Crippen LogP contribution in [0.5, 0.6) is 0 Å². The second-order valence-corrected chi connectivity index (χ2v) is 6.18. The summed E-state index contributed by atoms with van der Waals surface area (Å²) in [5, 5.41) is 0. The molecule has 0 N–H and O–H groups in total. The second kappa shape index (κ2) is 6.89. The maximum atomic E-state index is 12.0. The Kier molecular flexibility index (Phi) is 5.12. The van der Waals surface area contributed by atoms with E-state index >= 15 is 0 Å². The summed E-state index contributed by atoms with van der Waals surface area (Å²) in [6.45, 7) is 9.65. The number of amides is 1. The molecular formula is C15H23N3O5. The highest BCUT2D eigenvalue weighted by Gasteiger charge is 2.27. The summed E-state index contributed by atoms with van der Waals surface area (Å²) in [6, 6.07) is 0.358. The molecule has 23 heavy (non-hydrogen) atoms. The van der Waals surface area contributed by atoms with Gasteiger partial charge in [0.15, 0.2) is 0 Å². The number of ether oxygens (including phenoxy) is 2. The zero-order valence-corrected chi connectivity index (χ0v) is 14.0. The van der Waals surface area contributed by atoms with E-state index in [-0.39, 0.29) is 18.5 Å². The van der Waals surface area contributed by atoms with Crippen LogP contribution in [0.3, 0.4) is 0 Å². The molecule has 1 aliphatic heterocycles. The molecule has 8 heteroatoms. The van der Waals surface area contributed by atoms with Crippen LogP contribution in [0, 0.1) is 0 Å². The van der Waals surface area contributed by atoms with E-state index in [0.29, 0.717) is 32.2 Å². The van der Waals surface area contributed by atoms with E-state index < -0.39 is 11.6 Å². The maximum Gasteiger partial charge on any atom is 0.410 e. The summed E-state index contributed by atoms with van der Waals surface area (Å²) in [4.78, 5) is 31.2. The number of piperazine rings is 1. The zero-order chi connectivity index (χ0) is 17.0. The third-order valence-electron chi connectivity index (χ3n) is 3.17. The van der Waals surface area contributed by atoms with Gasteiger partial charge in [0.1, 0.15) is 5.60 Å². The molecule has 0 aromatic carbocycles. The predicted molar refractivity (Wildman–Crippen MR) is 82.5 cm³/mol. The number of esters is 1. The van der Waals surface area contributed by atoms with Crippen molar-refractivity contribution in [2.75, 3.05) is 37.7 Å². The number of anilines is 1. The van der Waals surface area contributed by atoms with Gasteiger partial charge in [-0.3, -0.25) is 0 Å². The van der Waals surface area contributed by atoms with Crippen LogP contribution in [0.1, 0.15) is 38.2 Å². The van der Waals surface area contributed by atoms with Gasteiger partial charge in [0.25, 0.3) is 6.01 Å². The third kappa shape index (κ3) is 4.61. The number of hydrogen-bond acceptors (Lipinski definition) is 7. The average Bonchev–Trinajstić information content (AvgIpc) is 2.96. The Labute approximate surface area is 135 Å². The van der Waals surface area contributed by atoms with E-state index in [2.05, 4.69) is 4.98 Å². The lowest BCUT2D eigenvalue weighted by atomic mass is 10.2. The standard InChI is InChI=1S/C15H23N3O5/c1-5-21-12(19)11-10-16-13(22-11)17-6-8-18(9-7-17)14(20)23-15(2,3)4/h10H,5-9H2,1-4H3. The molecule has 2 rings (SSSR count). The fourth-order valence-corrected chi connectivity index (χ4v) is 2.11. The molecule has 0 unspecified atom stereocenters. The fourth-order valence-electron chi connectivity index (χ4n) is 2.11. The fraction of sp³-hybridized carbons (Fsp3) is 0.667. The minimum Gasteiger partial charge on any atom is -0.460 e. The summed E-state index contributed by atoms with van der Waals surface area (Å²) in [7, 11) is 0. The van der Waals surface area contributed by atoms with Gasteiger partial charge < -0.3 is 23.7 Å². The first-order valence-electron chi connectivity index (χ1n) is 7.66. The van der Waals surface area contributed by atoms with Gasteiger partial charge in [0.2, 0.25) is 5.76 Å². The number of oxazole rings is 1. The SMILES string of the molecule is CCOC(=O)c1cnc(N2CCN(C(=O)OC(C)(C)C)CC2)o1. The molecule has 0 aliphatic carbocycles. The summed E-state index contributed by atoms with van der Waals surface area (Å²) in [5.41, 5.74) is -0.509. The number of carbonyl (C=O) groups excluding carboxylic acids is 2. The van der Waals surface area contributed by atoms with E-state index in [1.165, 1.54) is 6.20 Å². The van der Waals surface area contributed by atoms with E-state index in [9.17, 15) is 9.59 Å². The highest BCUT2D eigenvalue weighted by molar-refractivity contribution is 5.86. The van der Waals surface area contributed by atoms with Crippen molar-refractivity contribution in [2.45, 2.75) is 33.3 Å². The molecule has 1 amide bonds. The molecule has 0 bridgehead atoms.